The first kappa shape index (κ1) is 16.2. The number of carbonyl (C=O) groups is 1. The molecular weight excluding hydrogens is 310 g/mol. The molecule has 1 fully saturated rings. The predicted molar refractivity (Wildman–Crippen MR) is 93.0 cm³/mol. The molecule has 0 unspecified atom stereocenters. The molecule has 1 aliphatic heterocycles. The summed E-state index contributed by atoms with van der Waals surface area (Å²) in [5.74, 6) is 0.0116. The maximum Gasteiger partial charge on any atom is 0.262 e. The Morgan fingerprint density at radius 3 is 2.61 bits per heavy atom. The molecule has 0 radical (unpaired) electrons. The fourth-order valence-electron chi connectivity index (χ4n) is 3.52. The molecule has 1 aliphatic rings. The average molecular weight is 333 g/mol. The minimum Gasteiger partial charge on any atom is -0.336 e. The second-order valence-corrected chi connectivity index (χ2v) is 7.77. The molecule has 124 valence electrons. The molecule has 0 saturated carbocycles. The third-order valence-corrected chi connectivity index (χ3v) is 6.06. The van der Waals surface area contributed by atoms with Crippen molar-refractivity contribution in [2.75, 3.05) is 0 Å². The Labute approximate surface area is 139 Å². The van der Waals surface area contributed by atoms with Gasteiger partial charge in [-0.05, 0) is 52.5 Å². The summed E-state index contributed by atoms with van der Waals surface area (Å²) in [7, 11) is 0. The Bertz CT molecular complexity index is 798. The van der Waals surface area contributed by atoms with E-state index in [1.807, 2.05) is 18.7 Å². The second kappa shape index (κ2) is 6.07. The number of hydrogen-bond donors (Lipinski definition) is 0. The van der Waals surface area contributed by atoms with Crippen LogP contribution in [0, 0.1) is 13.8 Å². The van der Waals surface area contributed by atoms with Crippen LogP contribution in [-0.2, 0) is 11.3 Å². The first-order valence-corrected chi connectivity index (χ1v) is 8.98. The molecule has 5 nitrogen and oxygen atoms in total. The third-order valence-electron chi connectivity index (χ3n) is 4.94. The van der Waals surface area contributed by atoms with Gasteiger partial charge < -0.3 is 4.90 Å². The third kappa shape index (κ3) is 2.80. The highest BCUT2D eigenvalue weighted by Gasteiger charge is 2.29. The minimum atomic E-state index is -0.109. The molecule has 0 aliphatic carbocycles. The van der Waals surface area contributed by atoms with Gasteiger partial charge in [-0.15, -0.1) is 11.3 Å². The van der Waals surface area contributed by atoms with E-state index in [0.717, 1.165) is 34.5 Å². The zero-order valence-corrected chi connectivity index (χ0v) is 14.9. The summed E-state index contributed by atoms with van der Waals surface area (Å²) in [6.45, 7) is 8.19. The van der Waals surface area contributed by atoms with Crippen molar-refractivity contribution in [1.82, 2.24) is 14.5 Å². The van der Waals surface area contributed by atoms with E-state index in [1.54, 1.807) is 0 Å². The smallest absolute Gasteiger partial charge is 0.262 e. The van der Waals surface area contributed by atoms with Crippen LogP contribution < -0.4 is 5.56 Å². The van der Waals surface area contributed by atoms with Gasteiger partial charge in [0.05, 0.1) is 11.7 Å². The lowest BCUT2D eigenvalue weighted by molar-refractivity contribution is -0.138. The highest BCUT2D eigenvalue weighted by molar-refractivity contribution is 7.18. The molecule has 0 N–H and O–H groups in total. The summed E-state index contributed by atoms with van der Waals surface area (Å²) >= 11 is 1.53. The van der Waals surface area contributed by atoms with Gasteiger partial charge in [0.1, 0.15) is 11.4 Å². The molecule has 1 amide bonds. The highest BCUT2D eigenvalue weighted by atomic mass is 32.1. The van der Waals surface area contributed by atoms with Crippen molar-refractivity contribution >= 4 is 27.5 Å². The SMILES string of the molecule is Cc1sc2ncn(CC(=O)N3[C@@H](C)CCC[C@@H]3C)c(=O)c2c1C. The number of thiophene rings is 1. The summed E-state index contributed by atoms with van der Waals surface area (Å²) in [6.07, 6.45) is 4.74. The fourth-order valence-corrected chi connectivity index (χ4v) is 4.51. The van der Waals surface area contributed by atoms with Gasteiger partial charge >= 0.3 is 0 Å². The fraction of sp³-hybridized carbons (Fsp3) is 0.588. The van der Waals surface area contributed by atoms with Crippen LogP contribution in [0.1, 0.15) is 43.6 Å². The Morgan fingerprint density at radius 2 is 1.96 bits per heavy atom. The van der Waals surface area contributed by atoms with E-state index in [1.165, 1.54) is 22.2 Å². The van der Waals surface area contributed by atoms with Gasteiger partial charge in [-0.2, -0.15) is 0 Å². The maximum absolute atomic E-state index is 12.7. The van der Waals surface area contributed by atoms with E-state index in [9.17, 15) is 9.59 Å². The van der Waals surface area contributed by atoms with Crippen LogP contribution in [0.5, 0.6) is 0 Å². The molecule has 23 heavy (non-hydrogen) atoms. The minimum absolute atomic E-state index is 0.0116. The molecule has 0 spiro atoms. The van der Waals surface area contributed by atoms with Crippen molar-refractivity contribution in [3.63, 3.8) is 0 Å². The topological polar surface area (TPSA) is 55.2 Å². The van der Waals surface area contributed by atoms with Crippen LogP contribution in [0.2, 0.25) is 0 Å². The number of aryl methyl sites for hydroxylation is 2. The summed E-state index contributed by atoms with van der Waals surface area (Å²) in [6, 6.07) is 0.479. The molecule has 2 aromatic rings. The van der Waals surface area contributed by atoms with Crippen molar-refractivity contribution in [3.05, 3.63) is 27.1 Å². The quantitative estimate of drug-likeness (QED) is 0.849. The summed E-state index contributed by atoms with van der Waals surface area (Å²) in [4.78, 5) is 33.6. The Morgan fingerprint density at radius 1 is 1.30 bits per heavy atom. The molecule has 1 saturated heterocycles. The monoisotopic (exact) mass is 333 g/mol. The normalized spacial score (nSPS) is 21.8. The lowest BCUT2D eigenvalue weighted by Crippen LogP contribution is -2.49. The van der Waals surface area contributed by atoms with Gasteiger partial charge in [0, 0.05) is 17.0 Å². The zero-order valence-electron chi connectivity index (χ0n) is 14.1. The van der Waals surface area contributed by atoms with Gasteiger partial charge in [0.25, 0.3) is 5.56 Å². The molecule has 3 rings (SSSR count). The van der Waals surface area contributed by atoms with Gasteiger partial charge in [-0.25, -0.2) is 4.98 Å². The maximum atomic E-state index is 12.7. The van der Waals surface area contributed by atoms with Crippen molar-refractivity contribution in [1.29, 1.82) is 0 Å². The number of likely N-dealkylation sites (tertiary alicyclic amines) is 1. The number of piperidine rings is 1. The number of hydrogen-bond acceptors (Lipinski definition) is 4. The molecule has 2 atom stereocenters. The first-order valence-electron chi connectivity index (χ1n) is 8.16. The first-order chi connectivity index (χ1) is 10.9. The van der Waals surface area contributed by atoms with Crippen LogP contribution in [0.15, 0.2) is 11.1 Å². The van der Waals surface area contributed by atoms with Crippen LogP contribution in [-0.4, -0.2) is 32.4 Å². The van der Waals surface area contributed by atoms with Gasteiger partial charge in [-0.1, -0.05) is 0 Å². The number of nitrogens with zero attached hydrogens (tertiary/aromatic N) is 3. The van der Waals surface area contributed by atoms with Crippen LogP contribution in [0.4, 0.5) is 0 Å². The second-order valence-electron chi connectivity index (χ2n) is 6.57. The number of fused-ring (bicyclic) bond motifs is 1. The van der Waals surface area contributed by atoms with E-state index < -0.39 is 0 Å². The number of carbonyl (C=O) groups excluding carboxylic acids is 1. The lowest BCUT2D eigenvalue weighted by atomic mass is 9.97. The Kier molecular flexibility index (Phi) is 4.27. The van der Waals surface area contributed by atoms with Gasteiger partial charge in [-0.3, -0.25) is 14.2 Å². The van der Waals surface area contributed by atoms with E-state index in [0.29, 0.717) is 5.39 Å². The van der Waals surface area contributed by atoms with Crippen molar-refractivity contribution in [3.8, 4) is 0 Å². The van der Waals surface area contributed by atoms with E-state index in [4.69, 9.17) is 0 Å². The van der Waals surface area contributed by atoms with Crippen molar-refractivity contribution in [2.45, 2.75) is 65.6 Å². The molecular formula is C17H23N3O2S. The lowest BCUT2D eigenvalue weighted by Gasteiger charge is -2.39. The van der Waals surface area contributed by atoms with Gasteiger partial charge in [0.15, 0.2) is 0 Å². The molecule has 2 aromatic heterocycles. The molecule has 6 heteroatoms. The summed E-state index contributed by atoms with van der Waals surface area (Å²) < 4.78 is 1.46. The van der Waals surface area contributed by atoms with E-state index in [2.05, 4.69) is 18.8 Å². The van der Waals surface area contributed by atoms with Crippen molar-refractivity contribution < 1.29 is 4.79 Å². The molecule has 0 aromatic carbocycles. The van der Waals surface area contributed by atoms with Crippen LogP contribution in [0.25, 0.3) is 10.2 Å². The van der Waals surface area contributed by atoms with Crippen molar-refractivity contribution in [2.24, 2.45) is 0 Å². The van der Waals surface area contributed by atoms with E-state index >= 15 is 0 Å². The number of amides is 1. The highest BCUT2D eigenvalue weighted by Crippen LogP contribution is 2.26. The zero-order chi connectivity index (χ0) is 16.7. The molecule has 3 heterocycles. The predicted octanol–water partition coefficient (Wildman–Crippen LogP) is 2.86. The molecule has 0 bridgehead atoms. The average Bonchev–Trinajstić information content (AvgIpc) is 2.78. The Hall–Kier alpha value is -1.69. The Balaban J connectivity index is 1.92. The number of rotatable bonds is 2. The summed E-state index contributed by atoms with van der Waals surface area (Å²) in [5.41, 5.74) is 0.867. The van der Waals surface area contributed by atoms with Crippen LogP contribution >= 0.6 is 11.3 Å². The van der Waals surface area contributed by atoms with Gasteiger partial charge in [0.2, 0.25) is 5.91 Å². The van der Waals surface area contributed by atoms with E-state index in [-0.39, 0.29) is 30.1 Å². The van der Waals surface area contributed by atoms with Crippen LogP contribution in [0.3, 0.4) is 0 Å². The number of aromatic nitrogens is 2. The standard InChI is InChI=1S/C17H23N3O2S/c1-10-6-5-7-11(2)20(10)14(21)8-19-9-18-16-15(17(19)22)12(3)13(4)23-16/h9-11H,5-8H2,1-4H3/t10-,11-/m0/s1. The summed E-state index contributed by atoms with van der Waals surface area (Å²) in [5, 5.41) is 0.655. The largest absolute Gasteiger partial charge is 0.336 e.